The predicted molar refractivity (Wildman–Crippen MR) is 55.6 cm³/mol. The predicted octanol–water partition coefficient (Wildman–Crippen LogP) is 1.23. The van der Waals surface area contributed by atoms with Crippen LogP contribution in [0, 0.1) is 0 Å². The highest BCUT2D eigenvalue weighted by molar-refractivity contribution is 5.93. The van der Waals surface area contributed by atoms with Crippen LogP contribution in [0.5, 0.6) is 5.75 Å². The summed E-state index contributed by atoms with van der Waals surface area (Å²) < 4.78 is 28.7. The van der Waals surface area contributed by atoms with Gasteiger partial charge in [0.2, 0.25) is 5.91 Å². The van der Waals surface area contributed by atoms with E-state index in [1.807, 2.05) is 0 Å². The average molecular weight is 230 g/mol. The monoisotopic (exact) mass is 230 g/mol. The molecule has 1 aromatic rings. The molecule has 0 saturated carbocycles. The number of rotatable bonds is 5. The second-order valence-electron chi connectivity index (χ2n) is 2.95. The third-order valence-corrected chi connectivity index (χ3v) is 1.71. The molecule has 6 heteroatoms. The van der Waals surface area contributed by atoms with Gasteiger partial charge in [-0.05, 0) is 12.1 Å². The van der Waals surface area contributed by atoms with Gasteiger partial charge in [-0.25, -0.2) is 8.78 Å². The lowest BCUT2D eigenvalue weighted by atomic mass is 10.3. The van der Waals surface area contributed by atoms with Crippen molar-refractivity contribution in [3.63, 3.8) is 0 Å². The minimum absolute atomic E-state index is 0.177. The van der Waals surface area contributed by atoms with Crippen molar-refractivity contribution < 1.29 is 18.3 Å². The van der Waals surface area contributed by atoms with Crippen LogP contribution in [0.15, 0.2) is 24.3 Å². The van der Waals surface area contributed by atoms with Crippen molar-refractivity contribution in [1.82, 2.24) is 0 Å². The van der Waals surface area contributed by atoms with Crippen LogP contribution in [-0.2, 0) is 4.79 Å². The molecule has 0 atom stereocenters. The number of para-hydroxylation sites is 2. The Morgan fingerprint density at radius 3 is 2.75 bits per heavy atom. The van der Waals surface area contributed by atoms with Crippen LogP contribution in [0.2, 0.25) is 0 Å². The molecule has 0 spiro atoms. The molecule has 1 rings (SSSR count). The number of nitrogens with one attached hydrogen (secondary N) is 1. The molecule has 0 saturated heterocycles. The summed E-state index contributed by atoms with van der Waals surface area (Å²) >= 11 is 0. The van der Waals surface area contributed by atoms with Gasteiger partial charge in [-0.15, -0.1) is 0 Å². The molecule has 0 fully saturated rings. The summed E-state index contributed by atoms with van der Waals surface area (Å²) in [7, 11) is 0. The van der Waals surface area contributed by atoms with Crippen LogP contribution in [-0.4, -0.2) is 25.5 Å². The first kappa shape index (κ1) is 12.4. The zero-order valence-electron chi connectivity index (χ0n) is 8.45. The Morgan fingerprint density at radius 2 is 2.12 bits per heavy atom. The molecule has 0 aliphatic heterocycles. The number of ether oxygens (including phenoxy) is 1. The van der Waals surface area contributed by atoms with Crippen molar-refractivity contribution in [3.05, 3.63) is 24.3 Å². The smallest absolute Gasteiger partial charge is 0.272 e. The second-order valence-corrected chi connectivity index (χ2v) is 2.95. The van der Waals surface area contributed by atoms with Crippen molar-refractivity contribution >= 4 is 11.6 Å². The Kier molecular flexibility index (Phi) is 4.65. The Morgan fingerprint density at radius 1 is 1.44 bits per heavy atom. The number of benzene rings is 1. The molecule has 1 aromatic carbocycles. The summed E-state index contributed by atoms with van der Waals surface area (Å²) in [5.41, 5.74) is 5.45. The number of hydrogen-bond donors (Lipinski definition) is 2. The minimum Gasteiger partial charge on any atom is -0.485 e. The van der Waals surface area contributed by atoms with Crippen LogP contribution in [0.4, 0.5) is 14.5 Å². The van der Waals surface area contributed by atoms with E-state index in [1.165, 1.54) is 6.07 Å². The first-order chi connectivity index (χ1) is 7.63. The number of carbonyl (C=O) groups excluding carboxylic acids is 1. The van der Waals surface area contributed by atoms with E-state index < -0.39 is 18.9 Å². The molecule has 16 heavy (non-hydrogen) atoms. The highest BCUT2D eigenvalue weighted by Crippen LogP contribution is 2.23. The van der Waals surface area contributed by atoms with Gasteiger partial charge in [-0.2, -0.15) is 0 Å². The standard InChI is InChI=1S/C10H12F2N2O2/c11-9(12)6-16-8-4-2-1-3-7(8)14-10(15)5-13/h1-4,9H,5-6,13H2,(H,14,15). The molecule has 0 aliphatic carbocycles. The number of halogens is 2. The number of hydrogen-bond acceptors (Lipinski definition) is 3. The van der Waals surface area contributed by atoms with Gasteiger partial charge < -0.3 is 15.8 Å². The van der Waals surface area contributed by atoms with E-state index in [-0.39, 0.29) is 12.3 Å². The maximum Gasteiger partial charge on any atom is 0.272 e. The van der Waals surface area contributed by atoms with E-state index in [4.69, 9.17) is 10.5 Å². The van der Waals surface area contributed by atoms with Gasteiger partial charge in [0.1, 0.15) is 12.4 Å². The van der Waals surface area contributed by atoms with Gasteiger partial charge in [0.15, 0.2) is 0 Å². The van der Waals surface area contributed by atoms with Crippen LogP contribution >= 0.6 is 0 Å². The number of nitrogens with two attached hydrogens (primary N) is 1. The molecule has 0 heterocycles. The van der Waals surface area contributed by atoms with Crippen molar-refractivity contribution in [1.29, 1.82) is 0 Å². The highest BCUT2D eigenvalue weighted by atomic mass is 19.3. The van der Waals surface area contributed by atoms with E-state index in [0.717, 1.165) is 0 Å². The van der Waals surface area contributed by atoms with Crippen molar-refractivity contribution in [2.24, 2.45) is 5.73 Å². The Labute approximate surface area is 91.4 Å². The summed E-state index contributed by atoms with van der Waals surface area (Å²) in [6, 6.07) is 6.32. The molecule has 0 aromatic heterocycles. The number of anilines is 1. The molecule has 3 N–H and O–H groups in total. The van der Waals surface area contributed by atoms with Crippen LogP contribution < -0.4 is 15.8 Å². The topological polar surface area (TPSA) is 64.4 Å². The van der Waals surface area contributed by atoms with Gasteiger partial charge in [0.05, 0.1) is 12.2 Å². The third kappa shape index (κ3) is 3.82. The lowest BCUT2D eigenvalue weighted by Gasteiger charge is -2.11. The molecular weight excluding hydrogens is 218 g/mol. The van der Waals surface area contributed by atoms with E-state index in [0.29, 0.717) is 5.69 Å². The molecule has 0 radical (unpaired) electrons. The van der Waals surface area contributed by atoms with E-state index in [1.54, 1.807) is 18.2 Å². The third-order valence-electron chi connectivity index (χ3n) is 1.71. The zero-order valence-corrected chi connectivity index (χ0v) is 8.45. The lowest BCUT2D eigenvalue weighted by Crippen LogP contribution is -2.22. The fourth-order valence-electron chi connectivity index (χ4n) is 1.05. The average Bonchev–Trinajstić information content (AvgIpc) is 2.27. The van der Waals surface area contributed by atoms with E-state index in [9.17, 15) is 13.6 Å². The van der Waals surface area contributed by atoms with Crippen LogP contribution in [0.3, 0.4) is 0 Å². The molecule has 4 nitrogen and oxygen atoms in total. The fraction of sp³-hybridized carbons (Fsp3) is 0.300. The maximum atomic E-state index is 11.9. The van der Waals surface area contributed by atoms with E-state index in [2.05, 4.69) is 5.32 Å². The van der Waals surface area contributed by atoms with Gasteiger partial charge in [0, 0.05) is 0 Å². The SMILES string of the molecule is NCC(=O)Nc1ccccc1OCC(F)F. The first-order valence-corrected chi connectivity index (χ1v) is 4.63. The molecule has 0 bridgehead atoms. The van der Waals surface area contributed by atoms with Gasteiger partial charge in [0.25, 0.3) is 6.43 Å². The maximum absolute atomic E-state index is 11.9. The van der Waals surface area contributed by atoms with Crippen molar-refractivity contribution in [2.45, 2.75) is 6.43 Å². The van der Waals surface area contributed by atoms with Crippen LogP contribution in [0.1, 0.15) is 0 Å². The zero-order chi connectivity index (χ0) is 12.0. The van der Waals surface area contributed by atoms with E-state index >= 15 is 0 Å². The van der Waals surface area contributed by atoms with Gasteiger partial charge >= 0.3 is 0 Å². The Bertz CT molecular complexity index is 358. The van der Waals surface area contributed by atoms with Crippen molar-refractivity contribution in [2.75, 3.05) is 18.5 Å². The van der Waals surface area contributed by atoms with Gasteiger partial charge in [-0.3, -0.25) is 4.79 Å². The Hall–Kier alpha value is -1.69. The number of alkyl halides is 2. The second kappa shape index (κ2) is 6.02. The summed E-state index contributed by atoms with van der Waals surface area (Å²) in [6.45, 7) is -0.890. The normalized spacial score (nSPS) is 10.2. The molecule has 0 unspecified atom stereocenters. The number of amides is 1. The van der Waals surface area contributed by atoms with Crippen LogP contribution in [0.25, 0.3) is 0 Å². The van der Waals surface area contributed by atoms with Gasteiger partial charge in [-0.1, -0.05) is 12.1 Å². The molecule has 0 aliphatic rings. The summed E-state index contributed by atoms with van der Waals surface area (Å²) in [6.07, 6.45) is -2.56. The largest absolute Gasteiger partial charge is 0.485 e. The summed E-state index contributed by atoms with van der Waals surface area (Å²) in [5.74, 6) is -0.210. The Balaban J connectivity index is 2.71. The summed E-state index contributed by atoms with van der Waals surface area (Å²) in [4.78, 5) is 11.0. The lowest BCUT2D eigenvalue weighted by molar-refractivity contribution is -0.114. The minimum atomic E-state index is -2.56. The summed E-state index contributed by atoms with van der Waals surface area (Å²) in [5, 5.41) is 2.45. The molecule has 88 valence electrons. The first-order valence-electron chi connectivity index (χ1n) is 4.63. The molecular formula is C10H12F2N2O2. The highest BCUT2D eigenvalue weighted by Gasteiger charge is 2.08. The fourth-order valence-corrected chi connectivity index (χ4v) is 1.05. The van der Waals surface area contributed by atoms with Crippen molar-refractivity contribution in [3.8, 4) is 5.75 Å². The quantitative estimate of drug-likeness (QED) is 0.799. The number of carbonyl (C=O) groups is 1. The molecule has 1 amide bonds.